The average molecular weight is 302 g/mol. The molecule has 1 aromatic carbocycles. The van der Waals surface area contributed by atoms with E-state index in [9.17, 15) is 0 Å². The van der Waals surface area contributed by atoms with E-state index in [-0.39, 0.29) is 5.41 Å². The number of rotatable bonds is 7. The van der Waals surface area contributed by atoms with Gasteiger partial charge in [0, 0.05) is 13.1 Å². The van der Waals surface area contributed by atoms with Crippen molar-refractivity contribution in [3.63, 3.8) is 0 Å². The van der Waals surface area contributed by atoms with E-state index in [1.165, 1.54) is 31.2 Å². The molecule has 0 radical (unpaired) electrons. The Morgan fingerprint density at radius 1 is 1.05 bits per heavy atom. The molecule has 3 nitrogen and oxygen atoms in total. The second-order valence-corrected chi connectivity index (χ2v) is 7.12. The first kappa shape index (κ1) is 16.9. The van der Waals surface area contributed by atoms with Crippen LogP contribution in [0.3, 0.4) is 0 Å². The number of unbranched alkanes of at least 4 members (excludes halogenated alkanes) is 2. The maximum atomic E-state index is 6.01. The minimum absolute atomic E-state index is 0.136. The topological polar surface area (TPSA) is 29.3 Å². The number of nitrogens with zero attached hydrogens (tertiary/aromatic N) is 2. The largest absolute Gasteiger partial charge is 0.423 e. The van der Waals surface area contributed by atoms with Crippen molar-refractivity contribution in [3.05, 3.63) is 23.8 Å². The zero-order valence-electron chi connectivity index (χ0n) is 14.8. The molecule has 0 saturated carbocycles. The second kappa shape index (κ2) is 7.17. The van der Waals surface area contributed by atoms with Crippen LogP contribution in [0.4, 0.5) is 6.01 Å². The SMILES string of the molecule is CCCCN(CCCC)c1nc2cc(C(C)(C)C)ccc2o1. The third-order valence-electron chi connectivity index (χ3n) is 4.08. The Kier molecular flexibility index (Phi) is 5.49. The van der Waals surface area contributed by atoms with Gasteiger partial charge in [0.05, 0.1) is 0 Å². The van der Waals surface area contributed by atoms with Crippen LogP contribution in [-0.4, -0.2) is 18.1 Å². The van der Waals surface area contributed by atoms with Crippen LogP contribution >= 0.6 is 0 Å². The summed E-state index contributed by atoms with van der Waals surface area (Å²) in [5, 5.41) is 0. The van der Waals surface area contributed by atoms with Gasteiger partial charge in [-0.1, -0.05) is 53.5 Å². The minimum Gasteiger partial charge on any atom is -0.423 e. The van der Waals surface area contributed by atoms with Gasteiger partial charge in [-0.2, -0.15) is 4.98 Å². The fourth-order valence-electron chi connectivity index (χ4n) is 2.52. The lowest BCUT2D eigenvalue weighted by Crippen LogP contribution is -2.25. The monoisotopic (exact) mass is 302 g/mol. The summed E-state index contributed by atoms with van der Waals surface area (Å²) in [5.41, 5.74) is 3.30. The van der Waals surface area contributed by atoms with Crippen LogP contribution in [0.2, 0.25) is 0 Å². The lowest BCUT2D eigenvalue weighted by molar-refractivity contribution is 0.549. The molecule has 0 N–H and O–H groups in total. The van der Waals surface area contributed by atoms with Crippen LogP contribution in [0.25, 0.3) is 11.1 Å². The predicted molar refractivity (Wildman–Crippen MR) is 94.7 cm³/mol. The summed E-state index contributed by atoms with van der Waals surface area (Å²) in [6.07, 6.45) is 4.74. The zero-order chi connectivity index (χ0) is 16.2. The molecule has 0 aliphatic heterocycles. The van der Waals surface area contributed by atoms with Gasteiger partial charge >= 0.3 is 0 Å². The minimum atomic E-state index is 0.136. The molecule has 0 saturated heterocycles. The molecule has 122 valence electrons. The van der Waals surface area contributed by atoms with Crippen molar-refractivity contribution in [1.82, 2.24) is 4.98 Å². The van der Waals surface area contributed by atoms with Crippen LogP contribution in [0.1, 0.15) is 65.9 Å². The first-order valence-electron chi connectivity index (χ1n) is 8.61. The lowest BCUT2D eigenvalue weighted by atomic mass is 9.87. The van der Waals surface area contributed by atoms with E-state index in [0.29, 0.717) is 0 Å². The molecule has 0 fully saturated rings. The highest BCUT2D eigenvalue weighted by atomic mass is 16.4. The smallest absolute Gasteiger partial charge is 0.298 e. The molecule has 3 heteroatoms. The summed E-state index contributed by atoms with van der Waals surface area (Å²) < 4.78 is 6.01. The molecule has 0 atom stereocenters. The Labute approximate surface area is 134 Å². The van der Waals surface area contributed by atoms with E-state index in [1.807, 2.05) is 0 Å². The molecule has 1 heterocycles. The Balaban J connectivity index is 2.28. The Bertz CT molecular complexity index is 587. The number of aromatic nitrogens is 1. The van der Waals surface area contributed by atoms with E-state index in [0.717, 1.165) is 30.2 Å². The van der Waals surface area contributed by atoms with Crippen LogP contribution in [0.15, 0.2) is 22.6 Å². The highest BCUT2D eigenvalue weighted by molar-refractivity contribution is 5.75. The summed E-state index contributed by atoms with van der Waals surface area (Å²) in [5.74, 6) is 0. The van der Waals surface area contributed by atoms with Crippen molar-refractivity contribution in [2.24, 2.45) is 0 Å². The number of oxazole rings is 1. The van der Waals surface area contributed by atoms with Crippen molar-refractivity contribution < 1.29 is 4.42 Å². The van der Waals surface area contributed by atoms with Crippen molar-refractivity contribution in [1.29, 1.82) is 0 Å². The van der Waals surface area contributed by atoms with Crippen LogP contribution < -0.4 is 4.90 Å². The van der Waals surface area contributed by atoms with E-state index in [4.69, 9.17) is 9.40 Å². The molecule has 0 aliphatic rings. The summed E-state index contributed by atoms with van der Waals surface area (Å²) in [6.45, 7) is 13.2. The number of hydrogen-bond acceptors (Lipinski definition) is 3. The summed E-state index contributed by atoms with van der Waals surface area (Å²) in [4.78, 5) is 7.05. The van der Waals surface area contributed by atoms with Gasteiger partial charge in [0.15, 0.2) is 5.58 Å². The highest BCUT2D eigenvalue weighted by Crippen LogP contribution is 2.28. The number of anilines is 1. The summed E-state index contributed by atoms with van der Waals surface area (Å²) in [6, 6.07) is 7.16. The molecule has 0 amide bonds. The van der Waals surface area contributed by atoms with Crippen molar-refractivity contribution in [3.8, 4) is 0 Å². The van der Waals surface area contributed by atoms with Crippen LogP contribution in [0, 0.1) is 0 Å². The van der Waals surface area contributed by atoms with Crippen LogP contribution in [-0.2, 0) is 5.41 Å². The number of benzene rings is 1. The molecule has 1 aromatic heterocycles. The fraction of sp³-hybridized carbons (Fsp3) is 0.632. The van der Waals surface area contributed by atoms with Gasteiger partial charge in [0.25, 0.3) is 6.01 Å². The van der Waals surface area contributed by atoms with Gasteiger partial charge in [0.2, 0.25) is 0 Å². The Hall–Kier alpha value is -1.51. The second-order valence-electron chi connectivity index (χ2n) is 7.12. The Morgan fingerprint density at radius 3 is 2.23 bits per heavy atom. The van der Waals surface area contributed by atoms with Gasteiger partial charge in [-0.25, -0.2) is 0 Å². The van der Waals surface area contributed by atoms with E-state index in [1.54, 1.807) is 0 Å². The first-order valence-corrected chi connectivity index (χ1v) is 8.61. The van der Waals surface area contributed by atoms with Crippen LogP contribution in [0.5, 0.6) is 0 Å². The van der Waals surface area contributed by atoms with Gasteiger partial charge in [-0.3, -0.25) is 0 Å². The number of hydrogen-bond donors (Lipinski definition) is 0. The molecule has 0 bridgehead atoms. The molecular weight excluding hydrogens is 272 g/mol. The van der Waals surface area contributed by atoms with E-state index in [2.05, 4.69) is 57.7 Å². The van der Waals surface area contributed by atoms with E-state index >= 15 is 0 Å². The molecule has 0 spiro atoms. The first-order chi connectivity index (χ1) is 10.5. The maximum absolute atomic E-state index is 6.01. The fourth-order valence-corrected chi connectivity index (χ4v) is 2.52. The van der Waals surface area contributed by atoms with Crippen molar-refractivity contribution in [2.45, 2.75) is 65.7 Å². The van der Waals surface area contributed by atoms with Crippen molar-refractivity contribution in [2.75, 3.05) is 18.0 Å². The van der Waals surface area contributed by atoms with Gasteiger partial charge in [0.1, 0.15) is 5.52 Å². The molecular formula is C19H30N2O. The normalized spacial score (nSPS) is 12.0. The van der Waals surface area contributed by atoms with Gasteiger partial charge in [-0.15, -0.1) is 0 Å². The quantitative estimate of drug-likeness (QED) is 0.673. The van der Waals surface area contributed by atoms with E-state index < -0.39 is 0 Å². The standard InChI is InChI=1S/C19H30N2O/c1-6-8-12-21(13-9-7-2)18-20-16-14-15(19(3,4)5)10-11-17(16)22-18/h10-11,14H,6-9,12-13H2,1-5H3. The van der Waals surface area contributed by atoms with Gasteiger partial charge < -0.3 is 9.32 Å². The predicted octanol–water partition coefficient (Wildman–Crippen LogP) is 5.53. The lowest BCUT2D eigenvalue weighted by Gasteiger charge is -2.19. The number of fused-ring (bicyclic) bond motifs is 1. The van der Waals surface area contributed by atoms with Crippen molar-refractivity contribution >= 4 is 17.1 Å². The molecule has 0 aliphatic carbocycles. The molecule has 0 unspecified atom stereocenters. The maximum Gasteiger partial charge on any atom is 0.298 e. The highest BCUT2D eigenvalue weighted by Gasteiger charge is 2.17. The summed E-state index contributed by atoms with van der Waals surface area (Å²) in [7, 11) is 0. The third-order valence-corrected chi connectivity index (χ3v) is 4.08. The molecule has 2 aromatic rings. The third kappa shape index (κ3) is 4.02. The van der Waals surface area contributed by atoms with Gasteiger partial charge in [-0.05, 0) is 36.0 Å². The molecule has 2 rings (SSSR count). The summed E-state index contributed by atoms with van der Waals surface area (Å²) >= 11 is 0. The Morgan fingerprint density at radius 2 is 1.68 bits per heavy atom. The molecule has 22 heavy (non-hydrogen) atoms. The zero-order valence-corrected chi connectivity index (χ0v) is 14.8. The average Bonchev–Trinajstić information content (AvgIpc) is 2.89.